The molecular weight excluding hydrogens is 540 g/mol. The highest BCUT2D eigenvalue weighted by atomic mass is 79.9. The fraction of sp³-hybridized carbons (Fsp3) is 0.310. The molecule has 2 amide bonds. The lowest BCUT2D eigenvalue weighted by atomic mass is 10.0. The van der Waals surface area contributed by atoms with Crippen molar-refractivity contribution in [3.05, 3.63) is 99.0 Å². The van der Waals surface area contributed by atoms with E-state index < -0.39 is 6.04 Å². The second-order valence-corrected chi connectivity index (χ2v) is 10.2. The summed E-state index contributed by atoms with van der Waals surface area (Å²) >= 11 is 9.58. The predicted octanol–water partition coefficient (Wildman–Crippen LogP) is 6.34. The van der Waals surface area contributed by atoms with Gasteiger partial charge in [-0.3, -0.25) is 9.59 Å². The van der Waals surface area contributed by atoms with E-state index in [-0.39, 0.29) is 31.0 Å². The van der Waals surface area contributed by atoms with Crippen LogP contribution in [0.3, 0.4) is 0 Å². The third-order valence-electron chi connectivity index (χ3n) is 6.03. The Labute approximate surface area is 226 Å². The van der Waals surface area contributed by atoms with Crippen LogP contribution in [0.5, 0.6) is 5.75 Å². The van der Waals surface area contributed by atoms with Crippen molar-refractivity contribution in [2.24, 2.45) is 0 Å². The topological polar surface area (TPSA) is 58.6 Å². The highest BCUT2D eigenvalue weighted by molar-refractivity contribution is 9.10. The largest absolute Gasteiger partial charge is 0.484 e. The highest BCUT2D eigenvalue weighted by Crippen LogP contribution is 2.22. The number of aryl methyl sites for hydroxylation is 1. The summed E-state index contributed by atoms with van der Waals surface area (Å²) in [5, 5.41) is 3.71. The van der Waals surface area contributed by atoms with Crippen LogP contribution >= 0.6 is 27.5 Å². The minimum Gasteiger partial charge on any atom is -0.484 e. The summed E-state index contributed by atoms with van der Waals surface area (Å²) in [5.74, 6) is 0.101. The molecule has 5 nitrogen and oxygen atoms in total. The van der Waals surface area contributed by atoms with Gasteiger partial charge >= 0.3 is 0 Å². The Morgan fingerprint density at radius 3 is 2.36 bits per heavy atom. The summed E-state index contributed by atoms with van der Waals surface area (Å²) in [7, 11) is 0. The highest BCUT2D eigenvalue weighted by Gasteiger charge is 2.31. The predicted molar refractivity (Wildman–Crippen MR) is 148 cm³/mol. The second kappa shape index (κ2) is 13.5. The average Bonchev–Trinajstić information content (AvgIpc) is 2.88. The Hall–Kier alpha value is -2.83. The number of ether oxygens (including phenoxy) is 1. The first-order valence-corrected chi connectivity index (χ1v) is 13.2. The number of amides is 2. The lowest BCUT2D eigenvalue weighted by Crippen LogP contribution is -2.53. The van der Waals surface area contributed by atoms with Crippen molar-refractivity contribution in [3.63, 3.8) is 0 Å². The summed E-state index contributed by atoms with van der Waals surface area (Å²) in [5.41, 5.74) is 2.76. The first-order chi connectivity index (χ1) is 17.3. The van der Waals surface area contributed by atoms with Gasteiger partial charge < -0.3 is 15.0 Å². The number of hydrogen-bond donors (Lipinski definition) is 1. The molecule has 0 unspecified atom stereocenters. The number of rotatable bonds is 11. The molecule has 3 aromatic rings. The molecule has 0 aliphatic rings. The Kier molecular flexibility index (Phi) is 10.4. The van der Waals surface area contributed by atoms with E-state index in [0.29, 0.717) is 17.2 Å². The van der Waals surface area contributed by atoms with E-state index in [2.05, 4.69) is 21.2 Å². The molecule has 0 heterocycles. The Bertz CT molecular complexity index is 1150. The van der Waals surface area contributed by atoms with Crippen LogP contribution < -0.4 is 10.1 Å². The molecule has 7 heteroatoms. The van der Waals surface area contributed by atoms with E-state index in [9.17, 15) is 9.59 Å². The molecule has 0 radical (unpaired) electrons. The van der Waals surface area contributed by atoms with Gasteiger partial charge in [-0.1, -0.05) is 76.9 Å². The van der Waals surface area contributed by atoms with Crippen molar-refractivity contribution in [1.82, 2.24) is 10.2 Å². The zero-order chi connectivity index (χ0) is 26.1. The Morgan fingerprint density at radius 2 is 1.72 bits per heavy atom. The van der Waals surface area contributed by atoms with Gasteiger partial charge in [0.25, 0.3) is 5.91 Å². The molecule has 1 N–H and O–H groups in total. The van der Waals surface area contributed by atoms with Gasteiger partial charge in [0.15, 0.2) is 6.61 Å². The van der Waals surface area contributed by atoms with Crippen molar-refractivity contribution < 1.29 is 14.3 Å². The van der Waals surface area contributed by atoms with Crippen molar-refractivity contribution in [3.8, 4) is 5.75 Å². The van der Waals surface area contributed by atoms with Crippen molar-refractivity contribution in [2.45, 2.75) is 52.2 Å². The molecular formula is C29H32BrClN2O3. The average molecular weight is 572 g/mol. The fourth-order valence-corrected chi connectivity index (χ4v) is 4.10. The van der Waals surface area contributed by atoms with Gasteiger partial charge in [0.1, 0.15) is 11.8 Å². The van der Waals surface area contributed by atoms with Crippen LogP contribution in [-0.2, 0) is 22.6 Å². The molecule has 0 bridgehead atoms. The van der Waals surface area contributed by atoms with E-state index in [1.807, 2.05) is 75.4 Å². The minimum absolute atomic E-state index is 0.00583. The van der Waals surface area contributed by atoms with Gasteiger partial charge in [-0.15, -0.1) is 0 Å². The second-order valence-electron chi connectivity index (χ2n) is 8.87. The lowest BCUT2D eigenvalue weighted by Gasteiger charge is -2.32. The normalized spacial score (nSPS) is 12.5. The van der Waals surface area contributed by atoms with E-state index in [4.69, 9.17) is 16.3 Å². The summed E-state index contributed by atoms with van der Waals surface area (Å²) in [6.07, 6.45) is 1.19. The number of hydrogen-bond acceptors (Lipinski definition) is 3. The van der Waals surface area contributed by atoms with Crippen molar-refractivity contribution >= 4 is 39.3 Å². The maximum Gasteiger partial charge on any atom is 0.261 e. The fourth-order valence-electron chi connectivity index (χ4n) is 3.72. The zero-order valence-electron chi connectivity index (χ0n) is 20.8. The van der Waals surface area contributed by atoms with Gasteiger partial charge in [0, 0.05) is 28.5 Å². The molecule has 36 heavy (non-hydrogen) atoms. The molecule has 0 fully saturated rings. The number of carbonyl (C=O) groups excluding carboxylic acids is 2. The van der Waals surface area contributed by atoms with Gasteiger partial charge in [-0.05, 0) is 67.3 Å². The number of halogens is 2. The van der Waals surface area contributed by atoms with E-state index in [1.165, 1.54) is 0 Å². The van der Waals surface area contributed by atoms with Crippen molar-refractivity contribution in [1.29, 1.82) is 0 Å². The first kappa shape index (κ1) is 27.8. The minimum atomic E-state index is -0.701. The summed E-state index contributed by atoms with van der Waals surface area (Å²) in [4.78, 5) is 28.7. The quantitative estimate of drug-likeness (QED) is 0.292. The molecule has 2 atom stereocenters. The molecule has 0 spiro atoms. The molecule has 0 saturated carbocycles. The maximum absolute atomic E-state index is 13.6. The van der Waals surface area contributed by atoms with E-state index >= 15 is 0 Å². The number of benzene rings is 3. The molecule has 3 aromatic carbocycles. The summed E-state index contributed by atoms with van der Waals surface area (Å²) < 4.78 is 6.78. The summed E-state index contributed by atoms with van der Waals surface area (Å²) in [6, 6.07) is 22.1. The van der Waals surface area contributed by atoms with Crippen LogP contribution in [0.2, 0.25) is 5.02 Å². The van der Waals surface area contributed by atoms with Gasteiger partial charge in [-0.2, -0.15) is 0 Å². The lowest BCUT2D eigenvalue weighted by molar-refractivity contribution is -0.143. The van der Waals surface area contributed by atoms with Crippen LogP contribution in [0.15, 0.2) is 77.3 Å². The van der Waals surface area contributed by atoms with Gasteiger partial charge in [-0.25, -0.2) is 0 Å². The van der Waals surface area contributed by atoms with Crippen LogP contribution in [0, 0.1) is 6.92 Å². The molecule has 190 valence electrons. The first-order valence-electron chi connectivity index (χ1n) is 12.0. The smallest absolute Gasteiger partial charge is 0.261 e. The van der Waals surface area contributed by atoms with Crippen LogP contribution in [-0.4, -0.2) is 35.4 Å². The molecule has 0 saturated heterocycles. The standard InChI is InChI=1S/C29H32BrClN2O3/c1-4-21(3)32-29(35)27(17-22-8-6-5-7-9-22)33(18-23-10-12-24(30)13-11-23)28(34)19-36-25-14-15-26(31)20(2)16-25/h5-16,21,27H,4,17-19H2,1-3H3,(H,32,35)/t21-,27-/m1/s1. The van der Waals surface area contributed by atoms with Gasteiger partial charge in [0.2, 0.25) is 5.91 Å². The van der Waals surface area contributed by atoms with E-state index in [0.717, 1.165) is 27.6 Å². The Morgan fingerprint density at radius 1 is 1.03 bits per heavy atom. The molecule has 0 aliphatic heterocycles. The monoisotopic (exact) mass is 570 g/mol. The number of carbonyl (C=O) groups is 2. The number of nitrogens with zero attached hydrogens (tertiary/aromatic N) is 1. The molecule has 0 aliphatic carbocycles. The van der Waals surface area contributed by atoms with Crippen molar-refractivity contribution in [2.75, 3.05) is 6.61 Å². The third kappa shape index (κ3) is 8.10. The third-order valence-corrected chi connectivity index (χ3v) is 6.98. The maximum atomic E-state index is 13.6. The SMILES string of the molecule is CC[C@@H](C)NC(=O)[C@@H](Cc1ccccc1)N(Cc1ccc(Br)cc1)C(=O)COc1ccc(Cl)c(C)c1. The van der Waals surface area contributed by atoms with Crippen LogP contribution in [0.1, 0.15) is 37.0 Å². The van der Waals surface area contributed by atoms with Gasteiger partial charge in [0.05, 0.1) is 0 Å². The van der Waals surface area contributed by atoms with Crippen LogP contribution in [0.25, 0.3) is 0 Å². The Balaban J connectivity index is 1.90. The molecule has 0 aromatic heterocycles. The number of nitrogens with one attached hydrogen (secondary N) is 1. The summed E-state index contributed by atoms with van der Waals surface area (Å²) in [6.45, 7) is 5.94. The zero-order valence-corrected chi connectivity index (χ0v) is 23.2. The van der Waals surface area contributed by atoms with E-state index in [1.54, 1.807) is 23.1 Å². The molecule has 3 rings (SSSR count). The van der Waals surface area contributed by atoms with Crippen LogP contribution in [0.4, 0.5) is 0 Å².